The first-order chi connectivity index (χ1) is 15.2. The van der Waals surface area contributed by atoms with Gasteiger partial charge in [0.25, 0.3) is 0 Å². The molecule has 3 N–H and O–H groups in total. The molecule has 31 heavy (non-hydrogen) atoms. The van der Waals surface area contributed by atoms with Crippen LogP contribution in [0.2, 0.25) is 0 Å². The summed E-state index contributed by atoms with van der Waals surface area (Å²) in [6.45, 7) is 2.84. The Labute approximate surface area is 183 Å². The number of nitrogens with zero attached hydrogens (tertiary/aromatic N) is 3. The molecule has 0 spiro atoms. The summed E-state index contributed by atoms with van der Waals surface area (Å²) in [5.41, 5.74) is 1.93. The number of hydrogen-bond acceptors (Lipinski definition) is 7. The zero-order valence-electron chi connectivity index (χ0n) is 17.9. The highest BCUT2D eigenvalue weighted by Gasteiger charge is 2.07. The van der Waals surface area contributed by atoms with Crippen LogP contribution in [0.25, 0.3) is 23.1 Å². The normalized spacial score (nSPS) is 11.5. The number of hydrogen-bond donors (Lipinski definition) is 3. The Morgan fingerprint density at radius 1 is 0.935 bits per heavy atom. The molecule has 0 radical (unpaired) electrons. The van der Waals surface area contributed by atoms with Crippen LogP contribution in [0.1, 0.15) is 17.8 Å². The van der Waals surface area contributed by atoms with Gasteiger partial charge >= 0.3 is 0 Å². The minimum Gasteiger partial charge on any atom is -0.497 e. The van der Waals surface area contributed by atoms with Crippen molar-refractivity contribution in [3.63, 3.8) is 0 Å². The smallest absolute Gasteiger partial charge is 0.154 e. The van der Waals surface area contributed by atoms with Crippen LogP contribution in [-0.2, 0) is 0 Å². The molecule has 0 bridgehead atoms. The van der Waals surface area contributed by atoms with E-state index in [4.69, 9.17) is 19.9 Å². The summed E-state index contributed by atoms with van der Waals surface area (Å²) in [6.07, 6.45) is 4.76. The highest BCUT2D eigenvalue weighted by Crippen LogP contribution is 2.21. The molecule has 0 aliphatic carbocycles. The van der Waals surface area contributed by atoms with Gasteiger partial charge in [-0.15, -0.1) is 0 Å². The minimum absolute atomic E-state index is 0.0911. The van der Waals surface area contributed by atoms with Gasteiger partial charge in [-0.3, -0.25) is 4.90 Å². The molecule has 7 nitrogen and oxygen atoms in total. The third kappa shape index (κ3) is 6.75. The lowest BCUT2D eigenvalue weighted by atomic mass is 10.2. The Hall–Kier alpha value is -3.00. The van der Waals surface area contributed by atoms with E-state index in [1.165, 1.54) is 0 Å². The summed E-state index contributed by atoms with van der Waals surface area (Å²) in [4.78, 5) is 11.4. The predicted molar refractivity (Wildman–Crippen MR) is 125 cm³/mol. The van der Waals surface area contributed by atoms with E-state index in [0.717, 1.165) is 47.5 Å². The maximum Gasteiger partial charge on any atom is 0.154 e. The van der Waals surface area contributed by atoms with Crippen molar-refractivity contribution in [1.29, 1.82) is 0 Å². The number of nitrogens with one attached hydrogen (secondary N) is 1. The molecular formula is C24H30N4O3. The van der Waals surface area contributed by atoms with Crippen molar-refractivity contribution < 1.29 is 14.9 Å². The van der Waals surface area contributed by atoms with Crippen LogP contribution in [0.15, 0.2) is 48.5 Å². The molecule has 3 aromatic rings. The van der Waals surface area contributed by atoms with Crippen LogP contribution in [0.3, 0.4) is 0 Å². The van der Waals surface area contributed by atoms with Crippen molar-refractivity contribution in [2.75, 3.05) is 51.8 Å². The summed E-state index contributed by atoms with van der Waals surface area (Å²) in [7, 11) is 1.65. The fourth-order valence-electron chi connectivity index (χ4n) is 3.32. The summed E-state index contributed by atoms with van der Waals surface area (Å²) >= 11 is 0. The van der Waals surface area contributed by atoms with Crippen LogP contribution < -0.4 is 10.1 Å². The largest absolute Gasteiger partial charge is 0.497 e. The van der Waals surface area contributed by atoms with Crippen LogP contribution in [0.4, 0.5) is 5.82 Å². The minimum atomic E-state index is 0.0911. The summed E-state index contributed by atoms with van der Waals surface area (Å²) in [6, 6.07) is 15.8. The van der Waals surface area contributed by atoms with Crippen molar-refractivity contribution in [2.45, 2.75) is 6.42 Å². The number of fused-ring (bicyclic) bond motifs is 1. The average molecular weight is 423 g/mol. The quantitative estimate of drug-likeness (QED) is 0.387. The molecule has 0 saturated carbocycles. The Bertz CT molecular complexity index is 970. The summed E-state index contributed by atoms with van der Waals surface area (Å²) < 4.78 is 5.20. The first kappa shape index (κ1) is 22.7. The molecule has 0 aliphatic heterocycles. The second kappa shape index (κ2) is 12.0. The van der Waals surface area contributed by atoms with E-state index in [9.17, 15) is 0 Å². The molecular weight excluding hydrogens is 392 g/mol. The molecule has 0 amide bonds. The molecule has 0 unspecified atom stereocenters. The number of benzene rings is 2. The van der Waals surface area contributed by atoms with Crippen LogP contribution in [-0.4, -0.2) is 71.6 Å². The monoisotopic (exact) mass is 422 g/mol. The van der Waals surface area contributed by atoms with Crippen molar-refractivity contribution in [3.8, 4) is 5.75 Å². The Morgan fingerprint density at radius 2 is 1.68 bits per heavy atom. The van der Waals surface area contributed by atoms with E-state index in [2.05, 4.69) is 10.3 Å². The van der Waals surface area contributed by atoms with Crippen molar-refractivity contribution in [2.24, 2.45) is 0 Å². The van der Waals surface area contributed by atoms with E-state index >= 15 is 0 Å². The Morgan fingerprint density at radius 3 is 2.39 bits per heavy atom. The number of aliphatic hydroxyl groups is 2. The van der Waals surface area contributed by atoms with Gasteiger partial charge in [-0.2, -0.15) is 0 Å². The zero-order valence-corrected chi connectivity index (χ0v) is 17.9. The maximum absolute atomic E-state index is 9.14. The van der Waals surface area contributed by atoms with Gasteiger partial charge in [-0.05, 0) is 48.9 Å². The molecule has 1 aromatic heterocycles. The van der Waals surface area contributed by atoms with Crippen LogP contribution in [0, 0.1) is 0 Å². The second-order valence-electron chi connectivity index (χ2n) is 7.12. The van der Waals surface area contributed by atoms with E-state index in [0.29, 0.717) is 18.9 Å². The highest BCUT2D eigenvalue weighted by molar-refractivity contribution is 5.90. The first-order valence-corrected chi connectivity index (χ1v) is 10.5. The van der Waals surface area contributed by atoms with E-state index in [1.807, 2.05) is 65.6 Å². The first-order valence-electron chi connectivity index (χ1n) is 10.5. The Balaban J connectivity index is 1.70. The number of rotatable bonds is 12. The molecule has 0 fully saturated rings. The van der Waals surface area contributed by atoms with E-state index in [-0.39, 0.29) is 13.2 Å². The van der Waals surface area contributed by atoms with Gasteiger partial charge in [-0.25, -0.2) is 9.97 Å². The molecule has 0 aliphatic rings. The lowest BCUT2D eigenvalue weighted by Gasteiger charge is -2.20. The SMILES string of the molecule is COc1ccc(C=Cc2nc(NCCCN(CCO)CCO)c3ccccc3n2)cc1. The second-order valence-corrected chi connectivity index (χ2v) is 7.12. The highest BCUT2D eigenvalue weighted by atomic mass is 16.5. The molecule has 0 saturated heterocycles. The topological polar surface area (TPSA) is 90.7 Å². The lowest BCUT2D eigenvalue weighted by Crippen LogP contribution is -2.31. The van der Waals surface area contributed by atoms with Gasteiger partial charge in [0.2, 0.25) is 0 Å². The maximum atomic E-state index is 9.14. The lowest BCUT2D eigenvalue weighted by molar-refractivity contribution is 0.161. The molecule has 2 aromatic carbocycles. The number of aliphatic hydroxyl groups excluding tert-OH is 2. The van der Waals surface area contributed by atoms with Gasteiger partial charge in [0.15, 0.2) is 5.82 Å². The van der Waals surface area contributed by atoms with Crippen molar-refractivity contribution >= 4 is 28.9 Å². The number of ether oxygens (including phenoxy) is 1. The van der Waals surface area contributed by atoms with Gasteiger partial charge in [-0.1, -0.05) is 30.3 Å². The molecule has 0 atom stereocenters. The van der Waals surface area contributed by atoms with Crippen molar-refractivity contribution in [3.05, 3.63) is 59.9 Å². The molecule has 164 valence electrons. The summed E-state index contributed by atoms with van der Waals surface area (Å²) in [5, 5.41) is 22.7. The number of anilines is 1. The zero-order chi connectivity index (χ0) is 21.9. The average Bonchev–Trinajstić information content (AvgIpc) is 2.81. The van der Waals surface area contributed by atoms with Gasteiger partial charge in [0.1, 0.15) is 11.6 Å². The fourth-order valence-corrected chi connectivity index (χ4v) is 3.32. The van der Waals surface area contributed by atoms with Crippen LogP contribution in [0.5, 0.6) is 5.75 Å². The number of methoxy groups -OCH3 is 1. The standard InChI is InChI=1S/C24H30N4O3/c1-31-20-10-7-19(8-11-20)9-12-23-26-22-6-3-2-5-21(22)24(27-23)25-13-4-14-28(15-17-29)16-18-30/h2-3,5-12,29-30H,4,13-18H2,1H3,(H,25,26,27). The fraction of sp³-hybridized carbons (Fsp3) is 0.333. The van der Waals surface area contributed by atoms with Crippen molar-refractivity contribution in [1.82, 2.24) is 14.9 Å². The predicted octanol–water partition coefficient (Wildman–Crippen LogP) is 2.90. The molecule has 3 rings (SSSR count). The summed E-state index contributed by atoms with van der Waals surface area (Å²) in [5.74, 6) is 2.26. The van der Waals surface area contributed by atoms with Crippen LogP contribution >= 0.6 is 0 Å². The van der Waals surface area contributed by atoms with E-state index < -0.39 is 0 Å². The number of para-hydroxylation sites is 1. The van der Waals surface area contributed by atoms with Gasteiger partial charge in [0.05, 0.1) is 25.8 Å². The van der Waals surface area contributed by atoms with E-state index in [1.54, 1.807) is 7.11 Å². The molecule has 1 heterocycles. The van der Waals surface area contributed by atoms with Gasteiger partial charge in [0, 0.05) is 25.0 Å². The van der Waals surface area contributed by atoms with Gasteiger partial charge < -0.3 is 20.3 Å². The number of aromatic nitrogens is 2. The third-order valence-electron chi connectivity index (χ3n) is 4.94. The molecule has 7 heteroatoms. The third-order valence-corrected chi connectivity index (χ3v) is 4.94. The Kier molecular flexibility index (Phi) is 8.78.